The lowest BCUT2D eigenvalue weighted by Crippen LogP contribution is -2.22. The number of hydrogen-bond donors (Lipinski definition) is 0. The van der Waals surface area contributed by atoms with Crippen LogP contribution < -0.4 is 9.54 Å². The first-order chi connectivity index (χ1) is 9.88. The van der Waals surface area contributed by atoms with Gasteiger partial charge < -0.3 is 4.74 Å². The highest BCUT2D eigenvalue weighted by Crippen LogP contribution is 2.22. The molecule has 6 heteroatoms. The van der Waals surface area contributed by atoms with Crippen LogP contribution in [0.3, 0.4) is 0 Å². The Morgan fingerprint density at radius 3 is 2.52 bits per heavy atom. The summed E-state index contributed by atoms with van der Waals surface area (Å²) in [5.41, 5.74) is 1.83. The fourth-order valence-electron chi connectivity index (χ4n) is 1.88. The van der Waals surface area contributed by atoms with Gasteiger partial charge >= 0.3 is 5.97 Å². The van der Waals surface area contributed by atoms with Gasteiger partial charge in [0.25, 0.3) is 0 Å². The lowest BCUT2D eigenvalue weighted by molar-refractivity contribution is -0.132. The maximum atomic E-state index is 11.9. The summed E-state index contributed by atoms with van der Waals surface area (Å²) >= 11 is 1.31. The fourth-order valence-corrected chi connectivity index (χ4v) is 2.83. The normalized spacial score (nSPS) is 11.5. The van der Waals surface area contributed by atoms with Gasteiger partial charge in [-0.15, -0.1) is 0 Å². The van der Waals surface area contributed by atoms with Crippen LogP contribution in [0, 0.1) is 13.8 Å². The van der Waals surface area contributed by atoms with E-state index in [2.05, 4.69) is 4.99 Å². The minimum atomic E-state index is -0.465. The first-order valence-electron chi connectivity index (χ1n) is 6.41. The summed E-state index contributed by atoms with van der Waals surface area (Å²) in [6.45, 7) is 6.48. The number of esters is 1. The molecule has 1 aromatic carbocycles. The fraction of sp³-hybridized carbons (Fsp3) is 0.267. The van der Waals surface area contributed by atoms with Crippen molar-refractivity contribution in [1.82, 2.24) is 4.57 Å². The molecule has 5 nitrogen and oxygen atoms in total. The van der Waals surface area contributed by atoms with E-state index in [0.29, 0.717) is 4.80 Å². The van der Waals surface area contributed by atoms with E-state index in [4.69, 9.17) is 4.74 Å². The number of benzene rings is 1. The third kappa shape index (κ3) is 3.46. The van der Waals surface area contributed by atoms with E-state index in [0.717, 1.165) is 16.1 Å². The number of carbonyl (C=O) groups excluding carboxylic acids is 2. The van der Waals surface area contributed by atoms with E-state index < -0.39 is 5.97 Å². The zero-order valence-corrected chi connectivity index (χ0v) is 13.2. The number of hydrogen-bond acceptors (Lipinski definition) is 5. The number of carbonyl (C=O) groups is 2. The quantitative estimate of drug-likeness (QED) is 0.801. The van der Waals surface area contributed by atoms with Crippen molar-refractivity contribution in [1.29, 1.82) is 0 Å². The second-order valence-electron chi connectivity index (χ2n) is 4.64. The Kier molecular flexibility index (Phi) is 4.37. The topological polar surface area (TPSA) is 60.7 Å². The molecule has 21 heavy (non-hydrogen) atoms. The summed E-state index contributed by atoms with van der Waals surface area (Å²) in [6, 6.07) is 7.66. The van der Waals surface area contributed by atoms with Crippen molar-refractivity contribution in [2.75, 3.05) is 0 Å². The molecule has 0 atom stereocenters. The second-order valence-corrected chi connectivity index (χ2v) is 5.83. The molecule has 0 spiro atoms. The standard InChI is InChI=1S/C15H16N2O3S/c1-9-6-5-7-13(8-9)16-15-17(11(3)18)14(10(2)21-15)20-12(4)19/h5-8H,1-4H3. The summed E-state index contributed by atoms with van der Waals surface area (Å²) in [6.07, 6.45) is 0. The van der Waals surface area contributed by atoms with Crippen molar-refractivity contribution in [3.05, 3.63) is 39.5 Å². The zero-order chi connectivity index (χ0) is 15.6. The minimum absolute atomic E-state index is 0.242. The summed E-state index contributed by atoms with van der Waals surface area (Å²) in [5, 5.41) is 0. The van der Waals surface area contributed by atoms with Gasteiger partial charge in [0, 0.05) is 13.8 Å². The van der Waals surface area contributed by atoms with Crippen molar-refractivity contribution < 1.29 is 14.3 Å². The van der Waals surface area contributed by atoms with Gasteiger partial charge in [-0.25, -0.2) is 9.56 Å². The van der Waals surface area contributed by atoms with Crippen molar-refractivity contribution in [2.24, 2.45) is 4.99 Å². The highest BCUT2D eigenvalue weighted by atomic mass is 32.1. The van der Waals surface area contributed by atoms with E-state index in [1.807, 2.05) is 31.2 Å². The molecular weight excluding hydrogens is 288 g/mol. The molecule has 0 aliphatic rings. The summed E-state index contributed by atoms with van der Waals surface area (Å²) in [4.78, 5) is 28.7. The van der Waals surface area contributed by atoms with Gasteiger partial charge in [0.15, 0.2) is 4.80 Å². The predicted octanol–water partition coefficient (Wildman–Crippen LogP) is 2.98. The summed E-state index contributed by atoms with van der Waals surface area (Å²) in [7, 11) is 0. The molecule has 2 rings (SSSR count). The maximum Gasteiger partial charge on any atom is 0.309 e. The Morgan fingerprint density at radius 1 is 1.24 bits per heavy atom. The highest BCUT2D eigenvalue weighted by molar-refractivity contribution is 7.09. The number of nitrogens with zero attached hydrogens (tertiary/aromatic N) is 2. The van der Waals surface area contributed by atoms with Gasteiger partial charge in [-0.05, 0) is 31.5 Å². The van der Waals surface area contributed by atoms with Gasteiger partial charge in [0.2, 0.25) is 11.8 Å². The summed E-state index contributed by atoms with van der Waals surface area (Å²) in [5.74, 6) is -0.471. The van der Waals surface area contributed by atoms with Crippen LogP contribution in [-0.4, -0.2) is 16.4 Å². The molecule has 0 unspecified atom stereocenters. The summed E-state index contributed by atoms with van der Waals surface area (Å²) < 4.78 is 6.46. The lowest BCUT2D eigenvalue weighted by atomic mass is 10.2. The average Bonchev–Trinajstić information content (AvgIpc) is 2.65. The van der Waals surface area contributed by atoms with Crippen LogP contribution in [0.5, 0.6) is 5.88 Å². The molecule has 0 bridgehead atoms. The number of aryl methyl sites for hydroxylation is 2. The highest BCUT2D eigenvalue weighted by Gasteiger charge is 2.17. The van der Waals surface area contributed by atoms with Crippen LogP contribution in [0.2, 0.25) is 0 Å². The van der Waals surface area contributed by atoms with E-state index in [-0.39, 0.29) is 11.8 Å². The minimum Gasteiger partial charge on any atom is -0.408 e. The Hall–Kier alpha value is -2.21. The Bertz CT molecular complexity index is 771. The van der Waals surface area contributed by atoms with E-state index in [1.165, 1.54) is 29.8 Å². The Labute approximate surface area is 126 Å². The van der Waals surface area contributed by atoms with Gasteiger partial charge in [-0.3, -0.25) is 9.59 Å². The van der Waals surface area contributed by atoms with Crippen LogP contribution in [0.25, 0.3) is 0 Å². The van der Waals surface area contributed by atoms with Gasteiger partial charge in [-0.2, -0.15) is 0 Å². The van der Waals surface area contributed by atoms with Gasteiger partial charge in [-0.1, -0.05) is 23.5 Å². The molecule has 0 aliphatic carbocycles. The molecule has 0 radical (unpaired) electrons. The van der Waals surface area contributed by atoms with E-state index >= 15 is 0 Å². The van der Waals surface area contributed by atoms with Gasteiger partial charge in [0.05, 0.1) is 10.6 Å². The predicted molar refractivity (Wildman–Crippen MR) is 81.1 cm³/mol. The van der Waals surface area contributed by atoms with E-state index in [1.54, 1.807) is 6.92 Å². The average molecular weight is 304 g/mol. The number of rotatable bonds is 2. The molecule has 2 aromatic rings. The molecule has 0 fully saturated rings. The second kappa shape index (κ2) is 6.05. The van der Waals surface area contributed by atoms with Crippen molar-refractivity contribution in [2.45, 2.75) is 27.7 Å². The third-order valence-corrected chi connectivity index (χ3v) is 3.66. The van der Waals surface area contributed by atoms with Crippen LogP contribution in [-0.2, 0) is 4.79 Å². The molecule has 0 saturated carbocycles. The smallest absolute Gasteiger partial charge is 0.309 e. The van der Waals surface area contributed by atoms with Crippen LogP contribution in [0.15, 0.2) is 29.3 Å². The maximum absolute atomic E-state index is 11.9. The number of thiazole rings is 1. The largest absolute Gasteiger partial charge is 0.408 e. The van der Waals surface area contributed by atoms with Crippen molar-refractivity contribution in [3.63, 3.8) is 0 Å². The molecule has 0 aliphatic heterocycles. The third-order valence-electron chi connectivity index (χ3n) is 2.72. The first-order valence-corrected chi connectivity index (χ1v) is 7.23. The van der Waals surface area contributed by atoms with Crippen LogP contribution in [0.1, 0.15) is 29.1 Å². The lowest BCUT2D eigenvalue weighted by Gasteiger charge is -2.04. The van der Waals surface area contributed by atoms with Gasteiger partial charge in [0.1, 0.15) is 0 Å². The molecular formula is C15H16N2O3S. The zero-order valence-electron chi connectivity index (χ0n) is 12.3. The molecule has 0 amide bonds. The monoisotopic (exact) mass is 304 g/mol. The number of ether oxygens (including phenoxy) is 1. The van der Waals surface area contributed by atoms with Crippen LogP contribution in [0.4, 0.5) is 5.69 Å². The molecule has 110 valence electrons. The molecule has 0 saturated heterocycles. The SMILES string of the molecule is CC(=O)Oc1c(C)sc(=Nc2cccc(C)c2)n1C(C)=O. The van der Waals surface area contributed by atoms with Crippen molar-refractivity contribution >= 4 is 28.9 Å². The molecule has 1 heterocycles. The first kappa shape index (κ1) is 15.2. The molecule has 1 aromatic heterocycles. The van der Waals surface area contributed by atoms with Crippen molar-refractivity contribution in [3.8, 4) is 5.88 Å². The van der Waals surface area contributed by atoms with Crippen LogP contribution >= 0.6 is 11.3 Å². The van der Waals surface area contributed by atoms with E-state index in [9.17, 15) is 9.59 Å². The number of aromatic nitrogens is 1. The Balaban J connectivity index is 2.64. The molecule has 0 N–H and O–H groups in total. The Morgan fingerprint density at radius 2 is 1.95 bits per heavy atom.